The predicted molar refractivity (Wildman–Crippen MR) is 83.2 cm³/mol. The standard InChI is InChI=1S/C18H24O2/c1-10-7-14(8-11(2)16(10)19)15-9-12(3)17(20)13(4)18(15,5)6/h7-9,15,19-20H,1-6H3. The van der Waals surface area contributed by atoms with Gasteiger partial charge in [-0.15, -0.1) is 0 Å². The third-order valence-corrected chi connectivity index (χ3v) is 4.76. The highest BCUT2D eigenvalue weighted by Gasteiger charge is 2.36. The first kappa shape index (κ1) is 14.7. The zero-order valence-corrected chi connectivity index (χ0v) is 13.2. The lowest BCUT2D eigenvalue weighted by molar-refractivity contribution is 0.330. The number of benzene rings is 1. The van der Waals surface area contributed by atoms with Crippen molar-refractivity contribution in [2.24, 2.45) is 5.41 Å². The molecule has 0 fully saturated rings. The van der Waals surface area contributed by atoms with Crippen LogP contribution in [0.4, 0.5) is 0 Å². The van der Waals surface area contributed by atoms with Gasteiger partial charge in [0.25, 0.3) is 0 Å². The van der Waals surface area contributed by atoms with Crippen LogP contribution in [0.15, 0.2) is 35.1 Å². The van der Waals surface area contributed by atoms with Gasteiger partial charge in [-0.2, -0.15) is 0 Å². The Kier molecular flexibility index (Phi) is 3.45. The number of aliphatic hydroxyl groups is 1. The molecule has 108 valence electrons. The predicted octanol–water partition coefficient (Wildman–Crippen LogP) is 4.91. The molecule has 1 atom stereocenters. The van der Waals surface area contributed by atoms with Crippen molar-refractivity contribution in [3.8, 4) is 5.75 Å². The molecule has 0 saturated carbocycles. The van der Waals surface area contributed by atoms with E-state index in [-0.39, 0.29) is 11.3 Å². The average Bonchev–Trinajstić information content (AvgIpc) is 2.37. The molecule has 0 heterocycles. The van der Waals surface area contributed by atoms with Crippen LogP contribution in [0.1, 0.15) is 50.3 Å². The molecule has 0 radical (unpaired) electrons. The number of allylic oxidation sites excluding steroid dienone is 3. The fourth-order valence-electron chi connectivity index (χ4n) is 3.05. The molecule has 2 nitrogen and oxygen atoms in total. The lowest BCUT2D eigenvalue weighted by Crippen LogP contribution is -2.27. The van der Waals surface area contributed by atoms with E-state index < -0.39 is 0 Å². The van der Waals surface area contributed by atoms with Gasteiger partial charge in [0.1, 0.15) is 11.5 Å². The number of phenolic OH excluding ortho intramolecular Hbond substituents is 1. The van der Waals surface area contributed by atoms with Gasteiger partial charge in [0.15, 0.2) is 0 Å². The number of hydrogen-bond acceptors (Lipinski definition) is 2. The molecule has 1 unspecified atom stereocenters. The van der Waals surface area contributed by atoms with Crippen molar-refractivity contribution in [1.29, 1.82) is 0 Å². The molecule has 0 aromatic heterocycles. The molecule has 1 aliphatic rings. The van der Waals surface area contributed by atoms with Gasteiger partial charge in [0.05, 0.1) is 0 Å². The maximum Gasteiger partial charge on any atom is 0.121 e. The maximum absolute atomic E-state index is 10.2. The summed E-state index contributed by atoms with van der Waals surface area (Å²) >= 11 is 0. The summed E-state index contributed by atoms with van der Waals surface area (Å²) in [4.78, 5) is 0. The van der Waals surface area contributed by atoms with Crippen molar-refractivity contribution in [3.63, 3.8) is 0 Å². The molecular weight excluding hydrogens is 248 g/mol. The summed E-state index contributed by atoms with van der Waals surface area (Å²) in [5, 5.41) is 20.1. The Bertz CT molecular complexity index is 595. The van der Waals surface area contributed by atoms with Crippen LogP contribution in [0, 0.1) is 19.3 Å². The third kappa shape index (κ3) is 2.13. The second-order valence-corrected chi connectivity index (χ2v) is 6.53. The summed E-state index contributed by atoms with van der Waals surface area (Å²) in [5.41, 5.74) is 4.80. The molecular formula is C18H24O2. The van der Waals surface area contributed by atoms with E-state index in [0.717, 1.165) is 22.3 Å². The van der Waals surface area contributed by atoms with Gasteiger partial charge < -0.3 is 10.2 Å². The summed E-state index contributed by atoms with van der Waals surface area (Å²) in [6, 6.07) is 4.10. The van der Waals surface area contributed by atoms with Crippen LogP contribution in [0.2, 0.25) is 0 Å². The van der Waals surface area contributed by atoms with E-state index in [0.29, 0.717) is 11.5 Å². The monoisotopic (exact) mass is 272 g/mol. The smallest absolute Gasteiger partial charge is 0.121 e. The van der Waals surface area contributed by atoms with Crippen LogP contribution in [-0.4, -0.2) is 10.2 Å². The summed E-state index contributed by atoms with van der Waals surface area (Å²) in [5.74, 6) is 0.994. The molecule has 2 heteroatoms. The van der Waals surface area contributed by atoms with E-state index in [9.17, 15) is 10.2 Å². The van der Waals surface area contributed by atoms with Gasteiger partial charge in [-0.1, -0.05) is 32.1 Å². The molecule has 1 aromatic carbocycles. The van der Waals surface area contributed by atoms with Gasteiger partial charge in [0, 0.05) is 5.92 Å². The van der Waals surface area contributed by atoms with Crippen molar-refractivity contribution < 1.29 is 10.2 Å². The Labute approximate surface area is 121 Å². The average molecular weight is 272 g/mol. The van der Waals surface area contributed by atoms with Crippen molar-refractivity contribution in [2.45, 2.75) is 47.5 Å². The zero-order chi connectivity index (χ0) is 15.2. The lowest BCUT2D eigenvalue weighted by atomic mass is 9.66. The topological polar surface area (TPSA) is 40.5 Å². The fraction of sp³-hybridized carbons (Fsp3) is 0.444. The van der Waals surface area contributed by atoms with E-state index in [1.54, 1.807) is 0 Å². The summed E-state index contributed by atoms with van der Waals surface area (Å²) in [7, 11) is 0. The molecule has 0 aliphatic heterocycles. The molecule has 0 saturated heterocycles. The minimum atomic E-state index is -0.139. The van der Waals surface area contributed by atoms with Gasteiger partial charge in [-0.3, -0.25) is 0 Å². The molecule has 0 bridgehead atoms. The van der Waals surface area contributed by atoms with E-state index in [2.05, 4.69) is 19.9 Å². The Morgan fingerprint density at radius 1 is 0.950 bits per heavy atom. The molecule has 2 rings (SSSR count). The van der Waals surface area contributed by atoms with Gasteiger partial charge in [-0.25, -0.2) is 0 Å². The Morgan fingerprint density at radius 2 is 1.45 bits per heavy atom. The van der Waals surface area contributed by atoms with Crippen molar-refractivity contribution in [3.05, 3.63) is 51.8 Å². The van der Waals surface area contributed by atoms with Crippen LogP contribution >= 0.6 is 0 Å². The van der Waals surface area contributed by atoms with E-state index in [1.807, 2.05) is 39.8 Å². The highest BCUT2D eigenvalue weighted by Crippen LogP contribution is 2.48. The molecule has 0 spiro atoms. The van der Waals surface area contributed by atoms with E-state index >= 15 is 0 Å². The number of aryl methyl sites for hydroxylation is 2. The highest BCUT2D eigenvalue weighted by atomic mass is 16.3. The zero-order valence-electron chi connectivity index (χ0n) is 13.2. The quantitative estimate of drug-likeness (QED) is 0.762. The largest absolute Gasteiger partial charge is 0.508 e. The second-order valence-electron chi connectivity index (χ2n) is 6.53. The maximum atomic E-state index is 10.2. The Morgan fingerprint density at radius 3 is 1.95 bits per heavy atom. The summed E-state index contributed by atoms with van der Waals surface area (Å²) in [6.07, 6.45) is 2.13. The number of hydrogen-bond donors (Lipinski definition) is 2. The minimum absolute atomic E-state index is 0.139. The van der Waals surface area contributed by atoms with Crippen molar-refractivity contribution in [1.82, 2.24) is 0 Å². The fourth-order valence-corrected chi connectivity index (χ4v) is 3.05. The third-order valence-electron chi connectivity index (χ3n) is 4.76. The normalized spacial score (nSPS) is 21.9. The SMILES string of the molecule is CC1=CC(c2cc(C)c(O)c(C)c2)C(C)(C)C(C)=C1O. The number of rotatable bonds is 1. The van der Waals surface area contributed by atoms with Crippen molar-refractivity contribution in [2.75, 3.05) is 0 Å². The van der Waals surface area contributed by atoms with Crippen LogP contribution in [0.25, 0.3) is 0 Å². The lowest BCUT2D eigenvalue weighted by Gasteiger charge is -2.38. The molecule has 1 aromatic rings. The van der Waals surface area contributed by atoms with E-state index in [1.165, 1.54) is 5.56 Å². The van der Waals surface area contributed by atoms with Gasteiger partial charge in [-0.05, 0) is 60.9 Å². The van der Waals surface area contributed by atoms with Gasteiger partial charge >= 0.3 is 0 Å². The van der Waals surface area contributed by atoms with Crippen LogP contribution in [0.3, 0.4) is 0 Å². The van der Waals surface area contributed by atoms with Crippen LogP contribution in [-0.2, 0) is 0 Å². The number of aromatic hydroxyl groups is 1. The van der Waals surface area contributed by atoms with Gasteiger partial charge in [0.2, 0.25) is 0 Å². The second kappa shape index (κ2) is 4.69. The molecule has 1 aliphatic carbocycles. The Balaban J connectivity index is 2.59. The Hall–Kier alpha value is -1.70. The first-order valence-electron chi connectivity index (χ1n) is 7.05. The van der Waals surface area contributed by atoms with Crippen LogP contribution in [0.5, 0.6) is 5.75 Å². The number of aliphatic hydroxyl groups excluding tert-OH is 1. The summed E-state index contributed by atoms with van der Waals surface area (Å²) in [6.45, 7) is 12.1. The molecule has 2 N–H and O–H groups in total. The molecule has 0 amide bonds. The first-order valence-corrected chi connectivity index (χ1v) is 7.05. The highest BCUT2D eigenvalue weighted by molar-refractivity contribution is 5.48. The molecule has 20 heavy (non-hydrogen) atoms. The number of phenols is 1. The minimum Gasteiger partial charge on any atom is -0.508 e. The van der Waals surface area contributed by atoms with Crippen molar-refractivity contribution >= 4 is 0 Å². The first-order chi connectivity index (χ1) is 9.16. The summed E-state index contributed by atoms with van der Waals surface area (Å²) < 4.78 is 0. The van der Waals surface area contributed by atoms with Crippen LogP contribution < -0.4 is 0 Å². The van der Waals surface area contributed by atoms with E-state index in [4.69, 9.17) is 0 Å².